The van der Waals surface area contributed by atoms with Crippen LogP contribution >= 0.6 is 11.3 Å². The van der Waals surface area contributed by atoms with Crippen molar-refractivity contribution >= 4 is 23.2 Å². The van der Waals surface area contributed by atoms with Gasteiger partial charge >= 0.3 is 6.61 Å². The molecular weight excluding hydrogens is 338 g/mol. The van der Waals surface area contributed by atoms with Crippen LogP contribution in [-0.4, -0.2) is 24.5 Å². The van der Waals surface area contributed by atoms with E-state index in [1.165, 1.54) is 17.4 Å². The summed E-state index contributed by atoms with van der Waals surface area (Å²) in [6, 6.07) is 8.83. The molecule has 2 aromatic rings. The Morgan fingerprint density at radius 3 is 2.62 bits per heavy atom. The van der Waals surface area contributed by atoms with Crippen LogP contribution in [0.15, 0.2) is 41.8 Å². The van der Waals surface area contributed by atoms with Gasteiger partial charge in [0.15, 0.2) is 0 Å². The second kappa shape index (κ2) is 8.39. The molecule has 0 unspecified atom stereocenters. The minimum absolute atomic E-state index is 0.00285. The van der Waals surface area contributed by atoms with Gasteiger partial charge < -0.3 is 15.4 Å². The maximum Gasteiger partial charge on any atom is 0.387 e. The summed E-state index contributed by atoms with van der Waals surface area (Å²) in [5, 5.41) is 6.92. The number of rotatable bonds is 7. The smallest absolute Gasteiger partial charge is 0.387 e. The molecule has 0 aliphatic rings. The molecule has 1 aromatic carbocycles. The molecule has 24 heavy (non-hydrogen) atoms. The van der Waals surface area contributed by atoms with E-state index in [1.54, 1.807) is 42.6 Å². The lowest BCUT2D eigenvalue weighted by molar-refractivity contribution is -0.122. The highest BCUT2D eigenvalue weighted by molar-refractivity contribution is 7.12. The van der Waals surface area contributed by atoms with Gasteiger partial charge in [-0.15, -0.1) is 11.3 Å². The fraction of sp³-hybridized carbons (Fsp3) is 0.250. The zero-order valence-corrected chi connectivity index (χ0v) is 13.6. The van der Waals surface area contributed by atoms with E-state index in [-0.39, 0.29) is 18.2 Å². The maximum absolute atomic E-state index is 12.3. The second-order valence-corrected chi connectivity index (χ2v) is 5.82. The van der Waals surface area contributed by atoms with Crippen LogP contribution in [0.5, 0.6) is 5.75 Å². The number of benzene rings is 1. The minimum atomic E-state index is -2.94. The molecule has 0 bridgehead atoms. The molecule has 5 nitrogen and oxygen atoms in total. The van der Waals surface area contributed by atoms with E-state index in [9.17, 15) is 18.4 Å². The van der Waals surface area contributed by atoms with Crippen molar-refractivity contribution in [3.05, 3.63) is 52.2 Å². The number of hydrogen-bond acceptors (Lipinski definition) is 4. The number of para-hydroxylation sites is 1. The summed E-state index contributed by atoms with van der Waals surface area (Å²) in [4.78, 5) is 24.4. The second-order valence-electron chi connectivity index (χ2n) is 4.88. The van der Waals surface area contributed by atoms with Gasteiger partial charge in [0.1, 0.15) is 11.8 Å². The number of alkyl halides is 2. The third kappa shape index (κ3) is 5.02. The zero-order chi connectivity index (χ0) is 17.5. The van der Waals surface area contributed by atoms with Gasteiger partial charge in [-0.25, -0.2) is 0 Å². The van der Waals surface area contributed by atoms with E-state index < -0.39 is 18.6 Å². The molecule has 128 valence electrons. The normalized spacial score (nSPS) is 11.8. The predicted molar refractivity (Wildman–Crippen MR) is 86.2 cm³/mol. The average molecular weight is 354 g/mol. The number of ether oxygens (including phenoxy) is 1. The van der Waals surface area contributed by atoms with E-state index in [4.69, 9.17) is 0 Å². The van der Waals surface area contributed by atoms with Crippen LogP contribution < -0.4 is 15.4 Å². The van der Waals surface area contributed by atoms with Crippen LogP contribution in [0, 0.1) is 0 Å². The lowest BCUT2D eigenvalue weighted by Crippen LogP contribution is -2.44. The molecule has 1 heterocycles. The van der Waals surface area contributed by atoms with Crippen LogP contribution in [0.3, 0.4) is 0 Å². The zero-order valence-electron chi connectivity index (χ0n) is 12.8. The Hall–Kier alpha value is -2.48. The number of carbonyl (C=O) groups is 2. The SMILES string of the molecule is C[C@@H](NC(=O)c1cccs1)C(=O)NCc1ccccc1OC(F)F. The third-order valence-corrected chi connectivity index (χ3v) is 4.00. The Labute approximate surface area is 141 Å². The van der Waals surface area contributed by atoms with Crippen LogP contribution in [0.1, 0.15) is 22.2 Å². The molecule has 1 aromatic heterocycles. The van der Waals surface area contributed by atoms with E-state index in [2.05, 4.69) is 15.4 Å². The molecule has 0 aliphatic carbocycles. The first-order valence-electron chi connectivity index (χ1n) is 7.12. The van der Waals surface area contributed by atoms with Gasteiger partial charge in [0.2, 0.25) is 5.91 Å². The molecule has 2 rings (SSSR count). The van der Waals surface area contributed by atoms with Crippen LogP contribution in [0.4, 0.5) is 8.78 Å². The maximum atomic E-state index is 12.3. The van der Waals surface area contributed by atoms with Gasteiger partial charge in [0.25, 0.3) is 5.91 Å². The molecule has 2 N–H and O–H groups in total. The lowest BCUT2D eigenvalue weighted by Gasteiger charge is -2.15. The highest BCUT2D eigenvalue weighted by Crippen LogP contribution is 2.19. The summed E-state index contributed by atoms with van der Waals surface area (Å²) in [5.74, 6) is -0.760. The van der Waals surface area contributed by atoms with Crippen molar-refractivity contribution in [1.29, 1.82) is 0 Å². The fourth-order valence-electron chi connectivity index (χ4n) is 1.94. The number of carbonyl (C=O) groups excluding carboxylic acids is 2. The Morgan fingerprint density at radius 2 is 1.96 bits per heavy atom. The van der Waals surface area contributed by atoms with Crippen LogP contribution in [-0.2, 0) is 11.3 Å². The molecule has 1 atom stereocenters. The third-order valence-electron chi connectivity index (χ3n) is 3.13. The number of halogens is 2. The molecule has 0 saturated carbocycles. The van der Waals surface area contributed by atoms with Gasteiger partial charge in [0.05, 0.1) is 4.88 Å². The number of thiophene rings is 1. The first-order valence-corrected chi connectivity index (χ1v) is 8.00. The Morgan fingerprint density at radius 1 is 1.21 bits per heavy atom. The molecule has 0 radical (unpaired) electrons. The van der Waals surface area contributed by atoms with Crippen molar-refractivity contribution in [2.45, 2.75) is 26.1 Å². The van der Waals surface area contributed by atoms with Gasteiger partial charge in [0, 0.05) is 12.1 Å². The molecule has 0 fully saturated rings. The first kappa shape index (κ1) is 17.9. The quantitative estimate of drug-likeness (QED) is 0.803. The van der Waals surface area contributed by atoms with Crippen molar-refractivity contribution in [2.24, 2.45) is 0 Å². The molecular formula is C16H16F2N2O3S. The van der Waals surface area contributed by atoms with Gasteiger partial charge in [-0.05, 0) is 24.4 Å². The van der Waals surface area contributed by atoms with Crippen molar-refractivity contribution in [3.63, 3.8) is 0 Å². The van der Waals surface area contributed by atoms with Crippen molar-refractivity contribution < 1.29 is 23.1 Å². The average Bonchev–Trinajstić information content (AvgIpc) is 3.07. The summed E-state index contributed by atoms with van der Waals surface area (Å²) in [5.41, 5.74) is 0.419. The van der Waals surface area contributed by atoms with E-state index in [1.807, 2.05) is 0 Å². The number of nitrogens with one attached hydrogen (secondary N) is 2. The monoisotopic (exact) mass is 354 g/mol. The topological polar surface area (TPSA) is 67.4 Å². The molecule has 0 saturated heterocycles. The molecule has 0 aliphatic heterocycles. The number of hydrogen-bond donors (Lipinski definition) is 2. The highest BCUT2D eigenvalue weighted by atomic mass is 32.1. The standard InChI is InChI=1S/C16H16F2N2O3S/c1-10(20-15(22)13-7-4-8-24-13)14(21)19-9-11-5-2-3-6-12(11)23-16(17)18/h2-8,10,16H,9H2,1H3,(H,19,21)(H,20,22)/t10-/m1/s1. The fourth-order valence-corrected chi connectivity index (χ4v) is 2.56. The van der Waals surface area contributed by atoms with E-state index in [0.29, 0.717) is 10.4 Å². The Bertz CT molecular complexity index is 692. The molecule has 2 amide bonds. The largest absolute Gasteiger partial charge is 0.434 e. The Kier molecular flexibility index (Phi) is 6.25. The van der Waals surface area contributed by atoms with Crippen LogP contribution in [0.2, 0.25) is 0 Å². The van der Waals surface area contributed by atoms with Gasteiger partial charge in [-0.2, -0.15) is 8.78 Å². The lowest BCUT2D eigenvalue weighted by atomic mass is 10.2. The molecule has 0 spiro atoms. The van der Waals surface area contributed by atoms with Crippen molar-refractivity contribution in [3.8, 4) is 5.75 Å². The minimum Gasteiger partial charge on any atom is -0.434 e. The van der Waals surface area contributed by atoms with E-state index in [0.717, 1.165) is 0 Å². The van der Waals surface area contributed by atoms with Gasteiger partial charge in [-0.3, -0.25) is 9.59 Å². The predicted octanol–water partition coefficient (Wildman–Crippen LogP) is 2.78. The van der Waals surface area contributed by atoms with Crippen LogP contribution in [0.25, 0.3) is 0 Å². The van der Waals surface area contributed by atoms with E-state index >= 15 is 0 Å². The summed E-state index contributed by atoms with van der Waals surface area (Å²) in [6.07, 6.45) is 0. The summed E-state index contributed by atoms with van der Waals surface area (Å²) >= 11 is 1.27. The summed E-state index contributed by atoms with van der Waals surface area (Å²) in [6.45, 7) is -1.38. The highest BCUT2D eigenvalue weighted by Gasteiger charge is 2.17. The summed E-state index contributed by atoms with van der Waals surface area (Å²) in [7, 11) is 0. The number of amides is 2. The first-order chi connectivity index (χ1) is 11.5. The molecule has 8 heteroatoms. The van der Waals surface area contributed by atoms with Crippen molar-refractivity contribution in [1.82, 2.24) is 10.6 Å². The summed E-state index contributed by atoms with van der Waals surface area (Å²) < 4.78 is 29.1. The Balaban J connectivity index is 1.90. The van der Waals surface area contributed by atoms with Crippen molar-refractivity contribution in [2.75, 3.05) is 0 Å². The van der Waals surface area contributed by atoms with Gasteiger partial charge in [-0.1, -0.05) is 24.3 Å².